The Balaban J connectivity index is 1.42. The lowest BCUT2D eigenvalue weighted by atomic mass is 10.1. The topological polar surface area (TPSA) is 39.1 Å². The number of hydrogen-bond donors (Lipinski definition) is 1. The predicted octanol–water partition coefficient (Wildman–Crippen LogP) is 4.13. The van der Waals surface area contributed by atoms with Gasteiger partial charge in [-0.15, -0.1) is 0 Å². The summed E-state index contributed by atoms with van der Waals surface area (Å²) in [6, 6.07) is 11.8. The van der Waals surface area contributed by atoms with Crippen molar-refractivity contribution in [3.8, 4) is 0 Å². The van der Waals surface area contributed by atoms with Crippen LogP contribution in [-0.2, 0) is 17.8 Å². The van der Waals surface area contributed by atoms with Crippen molar-refractivity contribution < 1.29 is 9.13 Å². The summed E-state index contributed by atoms with van der Waals surface area (Å²) < 4.78 is 22.2. The highest BCUT2D eigenvalue weighted by Crippen LogP contribution is 2.22. The van der Waals surface area contributed by atoms with Crippen LogP contribution in [-0.4, -0.2) is 23.0 Å². The zero-order chi connectivity index (χ0) is 17.9. The summed E-state index contributed by atoms with van der Waals surface area (Å²) >= 11 is 0. The molecule has 3 aromatic rings. The SMILES string of the molecule is Cc1nn(C2CCOCC2)cc1CNCc1ccc2ccccc2c1F. The summed E-state index contributed by atoms with van der Waals surface area (Å²) in [4.78, 5) is 0. The fourth-order valence-corrected chi connectivity index (χ4v) is 3.58. The monoisotopic (exact) mass is 353 g/mol. The van der Waals surface area contributed by atoms with Crippen LogP contribution >= 0.6 is 0 Å². The van der Waals surface area contributed by atoms with E-state index in [2.05, 4.69) is 21.3 Å². The quantitative estimate of drug-likeness (QED) is 0.750. The molecule has 1 aliphatic heterocycles. The van der Waals surface area contributed by atoms with E-state index in [1.807, 2.05) is 43.3 Å². The number of hydrogen-bond acceptors (Lipinski definition) is 3. The molecule has 136 valence electrons. The van der Waals surface area contributed by atoms with Gasteiger partial charge >= 0.3 is 0 Å². The van der Waals surface area contributed by atoms with Crippen LogP contribution in [0.25, 0.3) is 10.8 Å². The van der Waals surface area contributed by atoms with E-state index in [4.69, 9.17) is 4.74 Å². The van der Waals surface area contributed by atoms with Crippen molar-refractivity contribution in [1.82, 2.24) is 15.1 Å². The standard InChI is InChI=1S/C21H24FN3O/c1-15-18(14-25(24-15)19-8-10-26-11-9-19)13-23-12-17-7-6-16-4-2-3-5-20(16)21(17)22/h2-7,14,19,23H,8-13H2,1H3. The Morgan fingerprint density at radius 1 is 1.12 bits per heavy atom. The maximum absolute atomic E-state index is 14.7. The third kappa shape index (κ3) is 3.50. The van der Waals surface area contributed by atoms with Gasteiger partial charge in [0.2, 0.25) is 0 Å². The Labute approximate surface area is 153 Å². The predicted molar refractivity (Wildman–Crippen MR) is 101 cm³/mol. The first kappa shape index (κ1) is 17.2. The van der Waals surface area contributed by atoms with E-state index in [1.165, 1.54) is 0 Å². The molecule has 0 atom stereocenters. The van der Waals surface area contributed by atoms with Crippen molar-refractivity contribution in [2.75, 3.05) is 13.2 Å². The number of rotatable bonds is 5. The Bertz CT molecular complexity index is 899. The number of benzene rings is 2. The first-order valence-electron chi connectivity index (χ1n) is 9.21. The molecule has 0 radical (unpaired) electrons. The number of aromatic nitrogens is 2. The van der Waals surface area contributed by atoms with E-state index in [0.717, 1.165) is 42.7 Å². The van der Waals surface area contributed by atoms with Crippen molar-refractivity contribution in [2.24, 2.45) is 0 Å². The zero-order valence-electron chi connectivity index (χ0n) is 15.0. The van der Waals surface area contributed by atoms with Gasteiger partial charge < -0.3 is 10.1 Å². The minimum atomic E-state index is -0.134. The van der Waals surface area contributed by atoms with Gasteiger partial charge in [-0.05, 0) is 25.2 Å². The Hall–Kier alpha value is -2.24. The average molecular weight is 353 g/mol. The van der Waals surface area contributed by atoms with Crippen LogP contribution in [0.4, 0.5) is 4.39 Å². The molecule has 2 heterocycles. The molecule has 4 rings (SSSR count). The average Bonchev–Trinajstić information content (AvgIpc) is 3.05. The van der Waals surface area contributed by atoms with Gasteiger partial charge in [0.05, 0.1) is 11.7 Å². The molecule has 1 fully saturated rings. The molecular formula is C21H24FN3O. The highest BCUT2D eigenvalue weighted by atomic mass is 19.1. The minimum Gasteiger partial charge on any atom is -0.381 e. The van der Waals surface area contributed by atoms with Gasteiger partial charge in [-0.1, -0.05) is 36.4 Å². The Morgan fingerprint density at radius 2 is 1.88 bits per heavy atom. The third-order valence-electron chi connectivity index (χ3n) is 5.16. The van der Waals surface area contributed by atoms with E-state index in [0.29, 0.717) is 30.1 Å². The van der Waals surface area contributed by atoms with Crippen molar-refractivity contribution in [3.63, 3.8) is 0 Å². The molecule has 2 aromatic carbocycles. The summed E-state index contributed by atoms with van der Waals surface area (Å²) in [5, 5.41) is 9.64. The second-order valence-electron chi connectivity index (χ2n) is 6.93. The Morgan fingerprint density at radius 3 is 2.73 bits per heavy atom. The molecule has 1 aromatic heterocycles. The Kier molecular flexibility index (Phi) is 5.00. The zero-order valence-corrected chi connectivity index (χ0v) is 15.0. The van der Waals surface area contributed by atoms with Gasteiger partial charge in [0.15, 0.2) is 0 Å². The summed E-state index contributed by atoms with van der Waals surface area (Å²) in [5.41, 5.74) is 2.89. The maximum atomic E-state index is 14.7. The molecule has 0 bridgehead atoms. The molecule has 5 heteroatoms. The van der Waals surface area contributed by atoms with Crippen LogP contribution in [0, 0.1) is 12.7 Å². The van der Waals surface area contributed by atoms with E-state index in [-0.39, 0.29) is 5.82 Å². The van der Waals surface area contributed by atoms with Crippen molar-refractivity contribution >= 4 is 10.8 Å². The van der Waals surface area contributed by atoms with Gasteiger partial charge in [0, 0.05) is 49.0 Å². The van der Waals surface area contributed by atoms with E-state index in [9.17, 15) is 4.39 Å². The van der Waals surface area contributed by atoms with Crippen LogP contribution in [0.3, 0.4) is 0 Å². The van der Waals surface area contributed by atoms with E-state index < -0.39 is 0 Å². The number of aryl methyl sites for hydroxylation is 1. The molecular weight excluding hydrogens is 329 g/mol. The van der Waals surface area contributed by atoms with Crippen LogP contribution in [0.5, 0.6) is 0 Å². The van der Waals surface area contributed by atoms with Crippen molar-refractivity contribution in [1.29, 1.82) is 0 Å². The number of ether oxygens (including phenoxy) is 1. The van der Waals surface area contributed by atoms with Crippen molar-refractivity contribution in [3.05, 3.63) is 65.2 Å². The highest BCUT2D eigenvalue weighted by molar-refractivity contribution is 5.83. The van der Waals surface area contributed by atoms with Gasteiger partial charge in [0.25, 0.3) is 0 Å². The lowest BCUT2D eigenvalue weighted by Gasteiger charge is -2.22. The first-order chi connectivity index (χ1) is 12.7. The molecule has 1 N–H and O–H groups in total. The second-order valence-corrected chi connectivity index (χ2v) is 6.93. The van der Waals surface area contributed by atoms with Crippen molar-refractivity contribution in [2.45, 2.75) is 38.9 Å². The number of nitrogens with one attached hydrogen (secondary N) is 1. The lowest BCUT2D eigenvalue weighted by Crippen LogP contribution is -2.20. The molecule has 4 nitrogen and oxygen atoms in total. The molecule has 0 amide bonds. The van der Waals surface area contributed by atoms with Crippen LogP contribution in [0.2, 0.25) is 0 Å². The van der Waals surface area contributed by atoms with Gasteiger partial charge in [-0.2, -0.15) is 5.10 Å². The number of fused-ring (bicyclic) bond motifs is 1. The normalized spacial score (nSPS) is 15.6. The largest absolute Gasteiger partial charge is 0.381 e. The lowest BCUT2D eigenvalue weighted by molar-refractivity contribution is 0.0661. The molecule has 0 saturated carbocycles. The second kappa shape index (κ2) is 7.56. The van der Waals surface area contributed by atoms with Gasteiger partial charge in [-0.3, -0.25) is 4.68 Å². The maximum Gasteiger partial charge on any atom is 0.135 e. The molecule has 0 spiro atoms. The molecule has 1 aliphatic rings. The van der Waals surface area contributed by atoms with Gasteiger partial charge in [-0.25, -0.2) is 4.39 Å². The number of halogens is 1. The highest BCUT2D eigenvalue weighted by Gasteiger charge is 2.17. The summed E-state index contributed by atoms with van der Waals surface area (Å²) in [6.07, 6.45) is 4.14. The fraction of sp³-hybridized carbons (Fsp3) is 0.381. The minimum absolute atomic E-state index is 0.134. The van der Waals surface area contributed by atoms with Crippen LogP contribution in [0.1, 0.15) is 35.7 Å². The smallest absolute Gasteiger partial charge is 0.135 e. The molecule has 1 saturated heterocycles. The summed E-state index contributed by atoms with van der Waals surface area (Å²) in [6.45, 7) is 4.82. The molecule has 0 unspecified atom stereocenters. The summed E-state index contributed by atoms with van der Waals surface area (Å²) in [5.74, 6) is -0.134. The molecule has 26 heavy (non-hydrogen) atoms. The first-order valence-corrected chi connectivity index (χ1v) is 9.21. The van der Waals surface area contributed by atoms with Crippen LogP contribution in [0.15, 0.2) is 42.6 Å². The van der Waals surface area contributed by atoms with Gasteiger partial charge in [0.1, 0.15) is 5.82 Å². The summed E-state index contributed by atoms with van der Waals surface area (Å²) in [7, 11) is 0. The van der Waals surface area contributed by atoms with E-state index in [1.54, 1.807) is 0 Å². The van der Waals surface area contributed by atoms with Crippen LogP contribution < -0.4 is 5.32 Å². The number of nitrogens with zero attached hydrogens (tertiary/aromatic N) is 2. The molecule has 0 aliphatic carbocycles. The third-order valence-corrected chi connectivity index (χ3v) is 5.16. The van der Waals surface area contributed by atoms with E-state index >= 15 is 0 Å². The fourth-order valence-electron chi connectivity index (χ4n) is 3.58.